The van der Waals surface area contributed by atoms with Crippen LogP contribution in [0.3, 0.4) is 0 Å². The monoisotopic (exact) mass is 346 g/mol. The Kier molecular flexibility index (Phi) is 3.70. The van der Waals surface area contributed by atoms with Crippen LogP contribution in [-0.2, 0) is 0 Å². The summed E-state index contributed by atoms with van der Waals surface area (Å²) < 4.78 is 6.17. The van der Waals surface area contributed by atoms with Crippen molar-refractivity contribution < 1.29 is 9.84 Å². The minimum atomic E-state index is -0.574. The van der Waals surface area contributed by atoms with Crippen molar-refractivity contribution in [1.82, 2.24) is 0 Å². The molecule has 1 aliphatic rings. The van der Waals surface area contributed by atoms with Gasteiger partial charge in [0.1, 0.15) is 5.75 Å². The van der Waals surface area contributed by atoms with E-state index in [-0.39, 0.29) is 16.7 Å². The number of benzene rings is 1. The van der Waals surface area contributed by atoms with E-state index in [1.807, 2.05) is 0 Å². The van der Waals surface area contributed by atoms with E-state index in [4.69, 9.17) is 16.3 Å². The SMILES string of the molecule is COc1c(Br)cc(Cl)cc1C(O)C1C(C)(C)C1(C)C. The van der Waals surface area contributed by atoms with Gasteiger partial charge in [-0.15, -0.1) is 0 Å². The molecular formula is C15H20BrClO2. The first-order valence-corrected chi connectivity index (χ1v) is 7.52. The summed E-state index contributed by atoms with van der Waals surface area (Å²) in [7, 11) is 1.60. The lowest BCUT2D eigenvalue weighted by Gasteiger charge is -2.18. The lowest BCUT2D eigenvalue weighted by atomic mass is 9.98. The fourth-order valence-electron chi connectivity index (χ4n) is 3.23. The summed E-state index contributed by atoms with van der Waals surface area (Å²) in [6, 6.07) is 3.57. The van der Waals surface area contributed by atoms with Crippen molar-refractivity contribution in [2.75, 3.05) is 7.11 Å². The summed E-state index contributed by atoms with van der Waals surface area (Å²) in [4.78, 5) is 0. The van der Waals surface area contributed by atoms with Gasteiger partial charge in [-0.1, -0.05) is 39.3 Å². The molecule has 0 spiro atoms. The van der Waals surface area contributed by atoms with Crippen LogP contribution < -0.4 is 4.74 Å². The van der Waals surface area contributed by atoms with Crippen molar-refractivity contribution in [1.29, 1.82) is 0 Å². The number of halogens is 2. The Labute approximate surface area is 128 Å². The maximum absolute atomic E-state index is 10.7. The third kappa shape index (κ3) is 2.20. The molecule has 0 amide bonds. The van der Waals surface area contributed by atoms with Crippen molar-refractivity contribution in [2.24, 2.45) is 16.7 Å². The standard InChI is InChI=1S/C15H20BrClO2/c1-14(2)13(15(14,3)4)11(18)9-6-8(17)7-10(16)12(9)19-5/h6-7,11,13,18H,1-5H3. The Hall–Kier alpha value is -0.250. The summed E-state index contributed by atoms with van der Waals surface area (Å²) in [6.45, 7) is 8.75. The second-order valence-electron chi connectivity index (χ2n) is 6.38. The van der Waals surface area contributed by atoms with E-state index >= 15 is 0 Å². The summed E-state index contributed by atoms with van der Waals surface area (Å²) in [5.74, 6) is 0.856. The zero-order valence-electron chi connectivity index (χ0n) is 11.9. The van der Waals surface area contributed by atoms with Crippen LogP contribution in [0.4, 0.5) is 0 Å². The van der Waals surface area contributed by atoms with Crippen LogP contribution in [0.15, 0.2) is 16.6 Å². The highest BCUT2D eigenvalue weighted by atomic mass is 79.9. The number of aliphatic hydroxyl groups excluding tert-OH is 1. The third-order valence-electron chi connectivity index (χ3n) is 5.01. The topological polar surface area (TPSA) is 29.5 Å². The molecule has 1 atom stereocenters. The minimum absolute atomic E-state index is 0.103. The maximum Gasteiger partial charge on any atom is 0.138 e. The van der Waals surface area contributed by atoms with Crippen LogP contribution >= 0.6 is 27.5 Å². The van der Waals surface area contributed by atoms with Gasteiger partial charge in [-0.25, -0.2) is 0 Å². The largest absolute Gasteiger partial charge is 0.495 e. The number of ether oxygens (including phenoxy) is 1. The highest BCUT2D eigenvalue weighted by Gasteiger charge is 2.67. The average molecular weight is 348 g/mol. The van der Waals surface area contributed by atoms with E-state index in [0.717, 1.165) is 10.0 Å². The van der Waals surface area contributed by atoms with Crippen molar-refractivity contribution >= 4 is 27.5 Å². The first-order chi connectivity index (χ1) is 8.64. The molecule has 0 aromatic heterocycles. The molecule has 1 N–H and O–H groups in total. The van der Waals surface area contributed by atoms with Gasteiger partial charge in [0.05, 0.1) is 17.7 Å². The van der Waals surface area contributed by atoms with Crippen molar-refractivity contribution in [3.05, 3.63) is 27.2 Å². The quantitative estimate of drug-likeness (QED) is 0.849. The van der Waals surface area contributed by atoms with E-state index in [2.05, 4.69) is 43.6 Å². The smallest absolute Gasteiger partial charge is 0.138 e. The van der Waals surface area contributed by atoms with E-state index in [1.54, 1.807) is 19.2 Å². The average Bonchev–Trinajstić information content (AvgIpc) is 2.67. The first-order valence-electron chi connectivity index (χ1n) is 6.35. The highest BCUT2D eigenvalue weighted by Crippen LogP contribution is 2.72. The van der Waals surface area contributed by atoms with Gasteiger partial charge >= 0.3 is 0 Å². The van der Waals surface area contributed by atoms with Crippen molar-refractivity contribution in [3.8, 4) is 5.75 Å². The molecule has 1 aliphatic carbocycles. The summed E-state index contributed by atoms with van der Waals surface area (Å²) in [5.41, 5.74) is 0.962. The molecule has 1 fully saturated rings. The van der Waals surface area contributed by atoms with E-state index in [0.29, 0.717) is 10.8 Å². The molecule has 106 valence electrons. The normalized spacial score (nSPS) is 22.1. The van der Waals surface area contributed by atoms with Crippen LogP contribution in [-0.4, -0.2) is 12.2 Å². The molecule has 1 aromatic carbocycles. The molecule has 1 saturated carbocycles. The summed E-state index contributed by atoms with van der Waals surface area (Å²) in [6.07, 6.45) is -0.574. The van der Waals surface area contributed by atoms with Gasteiger partial charge in [0.25, 0.3) is 0 Å². The zero-order valence-corrected chi connectivity index (χ0v) is 14.3. The van der Waals surface area contributed by atoms with Gasteiger partial charge < -0.3 is 9.84 Å². The Bertz CT molecular complexity index is 497. The first kappa shape index (κ1) is 15.1. The second-order valence-corrected chi connectivity index (χ2v) is 7.67. The molecule has 2 nitrogen and oxygen atoms in total. The number of hydrogen-bond donors (Lipinski definition) is 1. The van der Waals surface area contributed by atoms with Crippen LogP contribution in [0.5, 0.6) is 5.75 Å². The number of rotatable bonds is 3. The molecule has 0 saturated heterocycles. The lowest BCUT2D eigenvalue weighted by Crippen LogP contribution is -2.08. The number of aliphatic hydroxyl groups is 1. The van der Waals surface area contributed by atoms with Gasteiger partial charge in [-0.2, -0.15) is 0 Å². The number of methoxy groups -OCH3 is 1. The molecule has 1 unspecified atom stereocenters. The summed E-state index contributed by atoms with van der Waals surface area (Å²) in [5, 5.41) is 11.3. The molecule has 1 aromatic rings. The predicted octanol–water partition coefficient (Wildman–Crippen LogP) is 4.83. The van der Waals surface area contributed by atoms with Crippen LogP contribution in [0.1, 0.15) is 39.4 Å². The highest BCUT2D eigenvalue weighted by molar-refractivity contribution is 9.10. The van der Waals surface area contributed by atoms with E-state index in [9.17, 15) is 5.11 Å². The molecular weight excluding hydrogens is 328 g/mol. The lowest BCUT2D eigenvalue weighted by molar-refractivity contribution is 0.127. The van der Waals surface area contributed by atoms with Crippen LogP contribution in [0, 0.1) is 16.7 Å². The van der Waals surface area contributed by atoms with Gasteiger partial charge in [-0.05, 0) is 38.9 Å². The maximum atomic E-state index is 10.7. The molecule has 2 rings (SSSR count). The van der Waals surface area contributed by atoms with Gasteiger partial charge in [0, 0.05) is 16.5 Å². The van der Waals surface area contributed by atoms with Gasteiger partial charge in [0.15, 0.2) is 0 Å². The molecule has 0 radical (unpaired) electrons. The third-order valence-corrected chi connectivity index (χ3v) is 5.82. The molecule has 0 aliphatic heterocycles. The van der Waals surface area contributed by atoms with Gasteiger partial charge in [0.2, 0.25) is 0 Å². The minimum Gasteiger partial charge on any atom is -0.495 e. The fraction of sp³-hybridized carbons (Fsp3) is 0.600. The van der Waals surface area contributed by atoms with E-state index < -0.39 is 6.10 Å². The fourth-order valence-corrected chi connectivity index (χ4v) is 4.23. The predicted molar refractivity (Wildman–Crippen MR) is 81.7 cm³/mol. The molecule has 19 heavy (non-hydrogen) atoms. The Balaban J connectivity index is 2.44. The summed E-state index contributed by atoms with van der Waals surface area (Å²) >= 11 is 9.53. The number of hydrogen-bond acceptors (Lipinski definition) is 2. The second kappa shape index (κ2) is 4.64. The van der Waals surface area contributed by atoms with Crippen LogP contribution in [0.25, 0.3) is 0 Å². The Morgan fingerprint density at radius 3 is 2.21 bits per heavy atom. The molecule has 4 heteroatoms. The molecule has 0 bridgehead atoms. The molecule has 0 heterocycles. The Morgan fingerprint density at radius 1 is 1.26 bits per heavy atom. The van der Waals surface area contributed by atoms with Crippen molar-refractivity contribution in [2.45, 2.75) is 33.8 Å². The zero-order chi connectivity index (χ0) is 14.6. The van der Waals surface area contributed by atoms with Crippen LogP contribution in [0.2, 0.25) is 5.02 Å². The van der Waals surface area contributed by atoms with E-state index in [1.165, 1.54) is 0 Å². The van der Waals surface area contributed by atoms with Crippen molar-refractivity contribution in [3.63, 3.8) is 0 Å². The Morgan fingerprint density at radius 2 is 1.79 bits per heavy atom. The van der Waals surface area contributed by atoms with Gasteiger partial charge in [-0.3, -0.25) is 0 Å².